The molecule has 0 spiro atoms. The largest absolute Gasteiger partial charge is 0.0509 e. The van der Waals surface area contributed by atoms with E-state index in [-0.39, 0.29) is 0 Å². The second-order valence-electron chi connectivity index (χ2n) is 4.98. The molecule has 0 aliphatic carbocycles. The Morgan fingerprint density at radius 3 is 1.12 bits per heavy atom. The van der Waals surface area contributed by atoms with E-state index < -0.39 is 0 Å². The van der Waals surface area contributed by atoms with Gasteiger partial charge in [0, 0.05) is 0 Å². The van der Waals surface area contributed by atoms with Gasteiger partial charge in [0.1, 0.15) is 0 Å². The molecule has 0 saturated carbocycles. The van der Waals surface area contributed by atoms with Crippen LogP contribution in [-0.2, 0) is 0 Å². The molecule has 0 nitrogen and oxygen atoms in total. The van der Waals surface area contributed by atoms with Crippen LogP contribution >= 0.6 is 0 Å². The summed E-state index contributed by atoms with van der Waals surface area (Å²) in [6.45, 7) is 13.3. The summed E-state index contributed by atoms with van der Waals surface area (Å²) in [6, 6.07) is 4.67. The molecule has 16 heavy (non-hydrogen) atoms. The first-order valence-electron chi connectivity index (χ1n) is 5.90. The molecule has 0 aliphatic rings. The Morgan fingerprint density at radius 2 is 0.812 bits per heavy atom. The van der Waals surface area contributed by atoms with Crippen molar-refractivity contribution in [1.82, 2.24) is 0 Å². The molecule has 0 aliphatic heterocycles. The lowest BCUT2D eigenvalue weighted by molar-refractivity contribution is 1.24. The van der Waals surface area contributed by atoms with Crippen LogP contribution < -0.4 is 0 Å². The van der Waals surface area contributed by atoms with Gasteiger partial charge in [-0.3, -0.25) is 0 Å². The Labute approximate surface area is 98.3 Å². The number of hydrogen-bond acceptors (Lipinski definition) is 0. The first kappa shape index (κ1) is 11.2. The molecule has 2 aromatic carbocycles. The first-order chi connectivity index (χ1) is 7.43. The van der Waals surface area contributed by atoms with Crippen LogP contribution in [0.4, 0.5) is 0 Å². The highest BCUT2D eigenvalue weighted by molar-refractivity contribution is 5.91. The second kappa shape index (κ2) is 3.62. The van der Waals surface area contributed by atoms with Crippen molar-refractivity contribution in [2.45, 2.75) is 41.5 Å². The summed E-state index contributed by atoms with van der Waals surface area (Å²) in [5.41, 5.74) is 8.51. The number of aryl methyl sites for hydroxylation is 4. The van der Waals surface area contributed by atoms with Gasteiger partial charge in [-0.1, -0.05) is 12.1 Å². The van der Waals surface area contributed by atoms with Crippen LogP contribution in [0.5, 0.6) is 0 Å². The van der Waals surface area contributed by atoms with Gasteiger partial charge in [0.05, 0.1) is 0 Å². The van der Waals surface area contributed by atoms with Crippen molar-refractivity contribution >= 4 is 10.8 Å². The van der Waals surface area contributed by atoms with E-state index in [1.165, 1.54) is 44.2 Å². The molecular formula is C16H20. The molecule has 0 aromatic heterocycles. The molecule has 84 valence electrons. The van der Waals surface area contributed by atoms with E-state index in [0.717, 1.165) is 0 Å². The van der Waals surface area contributed by atoms with Crippen molar-refractivity contribution in [2.75, 3.05) is 0 Å². The maximum Gasteiger partial charge on any atom is -0.0146 e. The van der Waals surface area contributed by atoms with Crippen molar-refractivity contribution in [3.05, 3.63) is 45.5 Å². The zero-order chi connectivity index (χ0) is 12.0. The Bertz CT molecular complexity index is 522. The minimum Gasteiger partial charge on any atom is -0.0509 e. The summed E-state index contributed by atoms with van der Waals surface area (Å²) in [4.78, 5) is 0. The minimum absolute atomic E-state index is 1.39. The van der Waals surface area contributed by atoms with Gasteiger partial charge >= 0.3 is 0 Å². The molecular weight excluding hydrogens is 192 g/mol. The summed E-state index contributed by atoms with van der Waals surface area (Å²) in [7, 11) is 0. The summed E-state index contributed by atoms with van der Waals surface area (Å²) in [5, 5.41) is 2.84. The van der Waals surface area contributed by atoms with Crippen molar-refractivity contribution in [3.8, 4) is 0 Å². The second-order valence-corrected chi connectivity index (χ2v) is 4.98. The zero-order valence-electron chi connectivity index (χ0n) is 11.2. The molecule has 2 aromatic rings. The molecule has 0 saturated heterocycles. The lowest BCUT2D eigenvalue weighted by Gasteiger charge is -2.15. The standard InChI is InChI=1S/C16H20/c1-9-7-15-13(5)11(3)12(4)14(6)16(15)8-10(9)2/h7-8H,1-6H3. The van der Waals surface area contributed by atoms with Gasteiger partial charge in [-0.15, -0.1) is 0 Å². The molecule has 0 heteroatoms. The van der Waals surface area contributed by atoms with Crippen molar-refractivity contribution < 1.29 is 0 Å². The summed E-state index contributed by atoms with van der Waals surface area (Å²) >= 11 is 0. The van der Waals surface area contributed by atoms with E-state index in [9.17, 15) is 0 Å². The lowest BCUT2D eigenvalue weighted by Crippen LogP contribution is -1.95. The fourth-order valence-electron chi connectivity index (χ4n) is 2.40. The first-order valence-corrected chi connectivity index (χ1v) is 5.90. The molecule has 0 radical (unpaired) electrons. The number of rotatable bonds is 0. The van der Waals surface area contributed by atoms with E-state index in [4.69, 9.17) is 0 Å². The summed E-state index contributed by atoms with van der Waals surface area (Å²) in [6.07, 6.45) is 0. The summed E-state index contributed by atoms with van der Waals surface area (Å²) < 4.78 is 0. The predicted octanol–water partition coefficient (Wildman–Crippen LogP) is 4.69. The van der Waals surface area contributed by atoms with Crippen LogP contribution in [-0.4, -0.2) is 0 Å². The maximum atomic E-state index is 2.33. The van der Waals surface area contributed by atoms with Gasteiger partial charge in [0.2, 0.25) is 0 Å². The van der Waals surface area contributed by atoms with Gasteiger partial charge in [0.25, 0.3) is 0 Å². The molecule has 0 fully saturated rings. The average Bonchev–Trinajstić information content (AvgIpc) is 2.26. The normalized spacial score (nSPS) is 11.1. The quantitative estimate of drug-likeness (QED) is 0.594. The number of benzene rings is 2. The average molecular weight is 212 g/mol. The summed E-state index contributed by atoms with van der Waals surface area (Å²) in [5.74, 6) is 0. The van der Waals surface area contributed by atoms with E-state index in [1.807, 2.05) is 0 Å². The van der Waals surface area contributed by atoms with Crippen molar-refractivity contribution in [1.29, 1.82) is 0 Å². The zero-order valence-corrected chi connectivity index (χ0v) is 11.2. The third-order valence-electron chi connectivity index (χ3n) is 4.13. The fraction of sp³-hybridized carbons (Fsp3) is 0.375. The van der Waals surface area contributed by atoms with Crippen LogP contribution in [0, 0.1) is 41.5 Å². The van der Waals surface area contributed by atoms with Gasteiger partial charge in [-0.05, 0) is 85.7 Å². The van der Waals surface area contributed by atoms with E-state index in [2.05, 4.69) is 53.7 Å². The highest BCUT2D eigenvalue weighted by Crippen LogP contribution is 2.30. The molecule has 2 rings (SSSR count). The Kier molecular flexibility index (Phi) is 2.53. The minimum atomic E-state index is 1.39. The van der Waals surface area contributed by atoms with Gasteiger partial charge in [0.15, 0.2) is 0 Å². The molecule has 0 N–H and O–H groups in total. The Balaban J connectivity index is 3.02. The number of hydrogen-bond donors (Lipinski definition) is 0. The highest BCUT2D eigenvalue weighted by atomic mass is 14.1. The maximum absolute atomic E-state index is 2.33. The van der Waals surface area contributed by atoms with E-state index in [0.29, 0.717) is 0 Å². The number of fused-ring (bicyclic) bond motifs is 1. The molecule has 0 unspecified atom stereocenters. The fourth-order valence-corrected chi connectivity index (χ4v) is 2.40. The topological polar surface area (TPSA) is 0 Å². The van der Waals surface area contributed by atoms with E-state index in [1.54, 1.807) is 0 Å². The van der Waals surface area contributed by atoms with Gasteiger partial charge in [-0.2, -0.15) is 0 Å². The third-order valence-corrected chi connectivity index (χ3v) is 4.13. The Hall–Kier alpha value is -1.30. The smallest absolute Gasteiger partial charge is 0.0146 e. The third kappa shape index (κ3) is 1.44. The van der Waals surface area contributed by atoms with Crippen LogP contribution in [0.15, 0.2) is 12.1 Å². The SMILES string of the molecule is Cc1cc2c(C)c(C)c(C)c(C)c2cc1C. The van der Waals surface area contributed by atoms with Crippen molar-refractivity contribution in [2.24, 2.45) is 0 Å². The van der Waals surface area contributed by atoms with Crippen LogP contribution in [0.3, 0.4) is 0 Å². The lowest BCUT2D eigenvalue weighted by atomic mass is 9.90. The van der Waals surface area contributed by atoms with Crippen molar-refractivity contribution in [3.63, 3.8) is 0 Å². The predicted molar refractivity (Wildman–Crippen MR) is 72.4 cm³/mol. The van der Waals surface area contributed by atoms with Crippen LogP contribution in [0.2, 0.25) is 0 Å². The molecule has 0 bridgehead atoms. The molecule has 0 amide bonds. The van der Waals surface area contributed by atoms with E-state index >= 15 is 0 Å². The van der Waals surface area contributed by atoms with Gasteiger partial charge in [-0.25, -0.2) is 0 Å². The Morgan fingerprint density at radius 1 is 0.500 bits per heavy atom. The monoisotopic (exact) mass is 212 g/mol. The van der Waals surface area contributed by atoms with Gasteiger partial charge < -0.3 is 0 Å². The molecule has 0 heterocycles. The van der Waals surface area contributed by atoms with Crippen LogP contribution in [0.25, 0.3) is 10.8 Å². The molecule has 0 atom stereocenters. The van der Waals surface area contributed by atoms with Crippen LogP contribution in [0.1, 0.15) is 33.4 Å². The highest BCUT2D eigenvalue weighted by Gasteiger charge is 2.09.